The standard InChI is InChI=1S/C23H26FN3O3/c1-15-11-19(30-2)7-8-20(15)25-23(29)27-14-18(24)12-21(27)22(28)26-10-9-16-5-3-4-6-17(16)13-26/h3-8,11,18,21H,9-10,12-14H2,1-2H3,(H,25,29)/t18-,21-/m0/s1. The molecule has 0 radical (unpaired) electrons. The van der Waals surface area contributed by atoms with E-state index < -0.39 is 18.2 Å². The number of anilines is 1. The van der Waals surface area contributed by atoms with Crippen molar-refractivity contribution in [3.05, 3.63) is 59.2 Å². The molecule has 2 aliphatic heterocycles. The maximum atomic E-state index is 14.3. The molecule has 2 atom stereocenters. The zero-order valence-corrected chi connectivity index (χ0v) is 17.2. The second-order valence-corrected chi connectivity index (χ2v) is 7.89. The number of rotatable bonds is 3. The third-order valence-corrected chi connectivity index (χ3v) is 5.91. The Labute approximate surface area is 175 Å². The highest BCUT2D eigenvalue weighted by molar-refractivity contribution is 5.95. The van der Waals surface area contributed by atoms with E-state index in [0.29, 0.717) is 24.5 Å². The molecule has 0 unspecified atom stereocenters. The predicted octanol–water partition coefficient (Wildman–Crippen LogP) is 3.53. The molecule has 7 heteroatoms. The minimum absolute atomic E-state index is 0.0337. The molecule has 0 aliphatic carbocycles. The summed E-state index contributed by atoms with van der Waals surface area (Å²) in [6, 6.07) is 12.1. The molecule has 1 saturated heterocycles. The highest BCUT2D eigenvalue weighted by Crippen LogP contribution is 2.27. The minimum atomic E-state index is -1.21. The number of alkyl halides is 1. The smallest absolute Gasteiger partial charge is 0.322 e. The third kappa shape index (κ3) is 3.97. The first-order chi connectivity index (χ1) is 14.5. The molecule has 0 saturated carbocycles. The number of fused-ring (bicyclic) bond motifs is 1. The first-order valence-corrected chi connectivity index (χ1v) is 10.2. The van der Waals surface area contributed by atoms with E-state index in [0.717, 1.165) is 17.5 Å². The van der Waals surface area contributed by atoms with Crippen molar-refractivity contribution in [2.75, 3.05) is 25.5 Å². The number of carbonyl (C=O) groups excluding carboxylic acids is 2. The predicted molar refractivity (Wildman–Crippen MR) is 112 cm³/mol. The van der Waals surface area contributed by atoms with Gasteiger partial charge in [0, 0.05) is 25.2 Å². The van der Waals surface area contributed by atoms with Crippen molar-refractivity contribution >= 4 is 17.6 Å². The average Bonchev–Trinajstić information content (AvgIpc) is 3.16. The fourth-order valence-corrected chi connectivity index (χ4v) is 4.23. The first kappa shape index (κ1) is 20.2. The van der Waals surface area contributed by atoms with Crippen LogP contribution >= 0.6 is 0 Å². The Morgan fingerprint density at radius 2 is 1.93 bits per heavy atom. The van der Waals surface area contributed by atoms with Crippen LogP contribution in [0, 0.1) is 6.92 Å². The van der Waals surface area contributed by atoms with E-state index in [1.165, 1.54) is 10.5 Å². The average molecular weight is 411 g/mol. The molecule has 2 aliphatic rings. The second kappa shape index (κ2) is 8.34. The number of nitrogens with one attached hydrogen (secondary N) is 1. The van der Waals surface area contributed by atoms with Crippen molar-refractivity contribution in [3.63, 3.8) is 0 Å². The normalized spacial score (nSPS) is 20.6. The van der Waals surface area contributed by atoms with E-state index >= 15 is 0 Å². The van der Waals surface area contributed by atoms with Crippen LogP contribution < -0.4 is 10.1 Å². The molecule has 1 N–H and O–H groups in total. The monoisotopic (exact) mass is 411 g/mol. The van der Waals surface area contributed by atoms with Gasteiger partial charge in [0.25, 0.3) is 0 Å². The van der Waals surface area contributed by atoms with E-state index in [1.807, 2.05) is 31.2 Å². The van der Waals surface area contributed by atoms with E-state index in [2.05, 4.69) is 11.4 Å². The molecule has 3 amide bonds. The fraction of sp³-hybridized carbons (Fsp3) is 0.391. The maximum Gasteiger partial charge on any atom is 0.322 e. The summed E-state index contributed by atoms with van der Waals surface area (Å²) in [4.78, 5) is 29.2. The molecule has 6 nitrogen and oxygen atoms in total. The number of hydrogen-bond donors (Lipinski definition) is 1. The Balaban J connectivity index is 1.48. The maximum absolute atomic E-state index is 14.3. The number of amides is 3. The highest BCUT2D eigenvalue weighted by atomic mass is 19.1. The topological polar surface area (TPSA) is 61.9 Å². The van der Waals surface area contributed by atoms with Crippen LogP contribution in [0.2, 0.25) is 0 Å². The van der Waals surface area contributed by atoms with Gasteiger partial charge in [-0.05, 0) is 48.2 Å². The summed E-state index contributed by atoms with van der Waals surface area (Å²) in [7, 11) is 1.58. The summed E-state index contributed by atoms with van der Waals surface area (Å²) in [6.45, 7) is 2.85. The van der Waals surface area contributed by atoms with Gasteiger partial charge in [-0.2, -0.15) is 0 Å². The number of urea groups is 1. The molecule has 0 aromatic heterocycles. The molecule has 2 heterocycles. The van der Waals surface area contributed by atoms with E-state index in [4.69, 9.17) is 4.74 Å². The Morgan fingerprint density at radius 3 is 2.67 bits per heavy atom. The van der Waals surface area contributed by atoms with Crippen LogP contribution in [0.4, 0.5) is 14.9 Å². The van der Waals surface area contributed by atoms with Crippen LogP contribution in [0.3, 0.4) is 0 Å². The lowest BCUT2D eigenvalue weighted by atomic mass is 9.99. The third-order valence-electron chi connectivity index (χ3n) is 5.91. The summed E-state index contributed by atoms with van der Waals surface area (Å²) in [5.41, 5.74) is 3.79. The van der Waals surface area contributed by atoms with Gasteiger partial charge in [0.15, 0.2) is 0 Å². The summed E-state index contributed by atoms with van der Waals surface area (Å²) in [6.07, 6.45) is -0.407. The first-order valence-electron chi connectivity index (χ1n) is 10.2. The molecule has 1 fully saturated rings. The molecule has 2 aromatic carbocycles. The van der Waals surface area contributed by atoms with Gasteiger partial charge >= 0.3 is 6.03 Å². The molecule has 158 valence electrons. The number of likely N-dealkylation sites (tertiary alicyclic amines) is 1. The lowest BCUT2D eigenvalue weighted by Gasteiger charge is -2.33. The highest BCUT2D eigenvalue weighted by Gasteiger charge is 2.42. The lowest BCUT2D eigenvalue weighted by Crippen LogP contribution is -2.50. The van der Waals surface area contributed by atoms with E-state index in [-0.39, 0.29) is 18.9 Å². The van der Waals surface area contributed by atoms with Crippen molar-refractivity contribution in [1.29, 1.82) is 0 Å². The van der Waals surface area contributed by atoms with Crippen LogP contribution in [0.25, 0.3) is 0 Å². The molecular formula is C23H26FN3O3. The summed E-state index contributed by atoms with van der Waals surface area (Å²) < 4.78 is 19.4. The number of benzene rings is 2. The van der Waals surface area contributed by atoms with Crippen molar-refractivity contribution in [1.82, 2.24) is 9.80 Å². The SMILES string of the molecule is COc1ccc(NC(=O)N2C[C@@H](F)C[C@H]2C(=O)N2CCc3ccccc3C2)c(C)c1. The van der Waals surface area contributed by atoms with E-state index in [1.54, 1.807) is 24.1 Å². The second-order valence-electron chi connectivity index (χ2n) is 7.89. The Kier molecular flexibility index (Phi) is 5.61. The quantitative estimate of drug-likeness (QED) is 0.841. The van der Waals surface area contributed by atoms with Crippen LogP contribution in [0.15, 0.2) is 42.5 Å². The zero-order valence-electron chi connectivity index (χ0n) is 17.2. The van der Waals surface area contributed by atoms with Crippen LogP contribution in [-0.4, -0.2) is 54.2 Å². The molecule has 4 rings (SSSR count). The van der Waals surface area contributed by atoms with E-state index in [9.17, 15) is 14.0 Å². The van der Waals surface area contributed by atoms with Gasteiger partial charge in [-0.15, -0.1) is 0 Å². The van der Waals surface area contributed by atoms with Crippen LogP contribution in [0.5, 0.6) is 5.75 Å². The van der Waals surface area contributed by atoms with Gasteiger partial charge in [0.05, 0.1) is 13.7 Å². The number of methoxy groups -OCH3 is 1. The number of nitrogens with zero attached hydrogens (tertiary/aromatic N) is 2. The van der Waals surface area contributed by atoms with Crippen molar-refractivity contribution in [2.24, 2.45) is 0 Å². The van der Waals surface area contributed by atoms with Gasteiger partial charge in [-0.1, -0.05) is 24.3 Å². The van der Waals surface area contributed by atoms with Gasteiger partial charge in [-0.25, -0.2) is 9.18 Å². The summed E-state index contributed by atoms with van der Waals surface area (Å²) in [5, 5.41) is 2.82. The zero-order chi connectivity index (χ0) is 21.3. The Bertz CT molecular complexity index is 964. The van der Waals surface area contributed by atoms with Gasteiger partial charge in [-0.3, -0.25) is 4.79 Å². The molecule has 30 heavy (non-hydrogen) atoms. The number of hydrogen-bond acceptors (Lipinski definition) is 3. The number of ether oxygens (including phenoxy) is 1. The van der Waals surface area contributed by atoms with Crippen LogP contribution in [0.1, 0.15) is 23.1 Å². The number of halogens is 1. The number of carbonyl (C=O) groups is 2. The van der Waals surface area contributed by atoms with Crippen LogP contribution in [-0.2, 0) is 17.8 Å². The Morgan fingerprint density at radius 1 is 1.17 bits per heavy atom. The van der Waals surface area contributed by atoms with Crippen molar-refractivity contribution < 1.29 is 18.7 Å². The molecular weight excluding hydrogens is 385 g/mol. The summed E-state index contributed by atoms with van der Waals surface area (Å²) in [5.74, 6) is 0.500. The van der Waals surface area contributed by atoms with Gasteiger partial charge in [0.2, 0.25) is 5.91 Å². The lowest BCUT2D eigenvalue weighted by molar-refractivity contribution is -0.136. The van der Waals surface area contributed by atoms with Crippen molar-refractivity contribution in [3.8, 4) is 5.75 Å². The minimum Gasteiger partial charge on any atom is -0.497 e. The Hall–Kier alpha value is -3.09. The molecule has 2 aromatic rings. The number of aryl methyl sites for hydroxylation is 1. The molecule has 0 bridgehead atoms. The molecule has 0 spiro atoms. The van der Waals surface area contributed by atoms with Crippen molar-refractivity contribution in [2.45, 2.75) is 38.5 Å². The van der Waals surface area contributed by atoms with Gasteiger partial charge < -0.3 is 19.9 Å². The van der Waals surface area contributed by atoms with Gasteiger partial charge in [0.1, 0.15) is 18.0 Å². The fourth-order valence-electron chi connectivity index (χ4n) is 4.23. The largest absolute Gasteiger partial charge is 0.497 e. The summed E-state index contributed by atoms with van der Waals surface area (Å²) >= 11 is 0.